The standard InChI is InChI=1S/C19H17NO8/c1-25-17-11-13(3-9-16(17)27-12-19(22)26-2)4-10-18(21)28-15-7-5-14(6-8-15)20(23)24/h3-11H,12H2,1-2H3. The van der Waals surface area contributed by atoms with Gasteiger partial charge in [-0.25, -0.2) is 9.59 Å². The van der Waals surface area contributed by atoms with Gasteiger partial charge in [0.2, 0.25) is 0 Å². The van der Waals surface area contributed by atoms with Crippen LogP contribution in [0.3, 0.4) is 0 Å². The lowest BCUT2D eigenvalue weighted by molar-refractivity contribution is -0.384. The smallest absolute Gasteiger partial charge is 0.343 e. The molecule has 2 aromatic carbocycles. The van der Waals surface area contributed by atoms with Crippen LogP contribution in [0.2, 0.25) is 0 Å². The summed E-state index contributed by atoms with van der Waals surface area (Å²) in [6.07, 6.45) is 2.70. The van der Waals surface area contributed by atoms with Crippen molar-refractivity contribution in [3.8, 4) is 17.2 Å². The summed E-state index contributed by atoms with van der Waals surface area (Å²) >= 11 is 0. The highest BCUT2D eigenvalue weighted by Crippen LogP contribution is 2.28. The van der Waals surface area contributed by atoms with Crippen LogP contribution in [0.4, 0.5) is 5.69 Å². The number of nitrogens with zero attached hydrogens (tertiary/aromatic N) is 1. The zero-order valence-electron chi connectivity index (χ0n) is 15.1. The Hall–Kier alpha value is -3.88. The van der Waals surface area contributed by atoms with Gasteiger partial charge in [0, 0.05) is 18.2 Å². The van der Waals surface area contributed by atoms with Crippen LogP contribution in [0.15, 0.2) is 48.5 Å². The topological polar surface area (TPSA) is 114 Å². The molecule has 0 aliphatic rings. The van der Waals surface area contributed by atoms with Crippen molar-refractivity contribution >= 4 is 23.7 Å². The molecule has 0 bridgehead atoms. The Kier molecular flexibility index (Phi) is 7.09. The number of non-ortho nitro benzene ring substituents is 1. The van der Waals surface area contributed by atoms with Crippen molar-refractivity contribution in [3.05, 3.63) is 64.2 Å². The van der Waals surface area contributed by atoms with E-state index in [-0.39, 0.29) is 18.0 Å². The number of esters is 2. The Bertz CT molecular complexity index is 889. The summed E-state index contributed by atoms with van der Waals surface area (Å²) in [6.45, 7) is -0.260. The van der Waals surface area contributed by atoms with Crippen molar-refractivity contribution in [2.75, 3.05) is 20.8 Å². The number of methoxy groups -OCH3 is 2. The van der Waals surface area contributed by atoms with Crippen molar-refractivity contribution in [1.82, 2.24) is 0 Å². The maximum Gasteiger partial charge on any atom is 0.343 e. The summed E-state index contributed by atoms with van der Waals surface area (Å²) in [7, 11) is 2.70. The largest absolute Gasteiger partial charge is 0.493 e. The summed E-state index contributed by atoms with van der Waals surface area (Å²) in [5, 5.41) is 10.6. The minimum absolute atomic E-state index is 0.100. The van der Waals surface area contributed by atoms with E-state index >= 15 is 0 Å². The minimum Gasteiger partial charge on any atom is -0.493 e. The average molecular weight is 387 g/mol. The molecule has 28 heavy (non-hydrogen) atoms. The fourth-order valence-electron chi connectivity index (χ4n) is 2.05. The molecule has 0 unspecified atom stereocenters. The van der Waals surface area contributed by atoms with Gasteiger partial charge < -0.3 is 18.9 Å². The maximum absolute atomic E-state index is 11.9. The van der Waals surface area contributed by atoms with Crippen LogP contribution in [0, 0.1) is 10.1 Å². The van der Waals surface area contributed by atoms with E-state index in [1.165, 1.54) is 50.6 Å². The van der Waals surface area contributed by atoms with E-state index in [4.69, 9.17) is 14.2 Å². The number of hydrogen-bond acceptors (Lipinski definition) is 8. The second kappa shape index (κ2) is 9.72. The van der Waals surface area contributed by atoms with Crippen LogP contribution >= 0.6 is 0 Å². The molecule has 0 fully saturated rings. The summed E-state index contributed by atoms with van der Waals surface area (Å²) in [4.78, 5) is 33.1. The van der Waals surface area contributed by atoms with E-state index in [1.807, 2.05) is 0 Å². The van der Waals surface area contributed by atoms with E-state index in [0.29, 0.717) is 17.1 Å². The molecule has 0 aliphatic carbocycles. The highest BCUT2D eigenvalue weighted by Gasteiger charge is 2.09. The number of nitro benzene ring substituents is 1. The first-order chi connectivity index (χ1) is 13.4. The van der Waals surface area contributed by atoms with Gasteiger partial charge in [-0.3, -0.25) is 10.1 Å². The second-order valence-electron chi connectivity index (χ2n) is 5.28. The molecule has 0 saturated carbocycles. The van der Waals surface area contributed by atoms with E-state index in [2.05, 4.69) is 4.74 Å². The summed E-state index contributed by atoms with van der Waals surface area (Å²) in [5.41, 5.74) is 0.528. The lowest BCUT2D eigenvalue weighted by Crippen LogP contribution is -2.12. The molecule has 0 saturated heterocycles. The zero-order valence-corrected chi connectivity index (χ0v) is 15.1. The van der Waals surface area contributed by atoms with E-state index in [9.17, 15) is 19.7 Å². The molecular weight excluding hydrogens is 370 g/mol. The maximum atomic E-state index is 11.9. The van der Waals surface area contributed by atoms with Gasteiger partial charge in [-0.2, -0.15) is 0 Å². The van der Waals surface area contributed by atoms with Crippen molar-refractivity contribution in [3.63, 3.8) is 0 Å². The third kappa shape index (κ3) is 5.84. The molecule has 0 atom stereocenters. The van der Waals surface area contributed by atoms with Gasteiger partial charge in [0.05, 0.1) is 19.1 Å². The van der Waals surface area contributed by atoms with Crippen molar-refractivity contribution in [2.45, 2.75) is 0 Å². The van der Waals surface area contributed by atoms with Crippen LogP contribution in [0.25, 0.3) is 6.08 Å². The van der Waals surface area contributed by atoms with Crippen LogP contribution in [0.1, 0.15) is 5.56 Å². The van der Waals surface area contributed by atoms with Gasteiger partial charge in [0.25, 0.3) is 5.69 Å². The molecule has 0 aliphatic heterocycles. The number of ether oxygens (including phenoxy) is 4. The summed E-state index contributed by atoms with van der Waals surface area (Å²) in [5.74, 6) is -0.281. The molecule has 9 nitrogen and oxygen atoms in total. The van der Waals surface area contributed by atoms with Crippen molar-refractivity contribution in [2.24, 2.45) is 0 Å². The molecule has 0 radical (unpaired) electrons. The van der Waals surface area contributed by atoms with Gasteiger partial charge in [-0.1, -0.05) is 6.07 Å². The fraction of sp³-hybridized carbons (Fsp3) is 0.158. The quantitative estimate of drug-likeness (QED) is 0.223. The first kappa shape index (κ1) is 20.4. The fourth-order valence-corrected chi connectivity index (χ4v) is 2.05. The molecule has 0 spiro atoms. The molecular formula is C19H17NO8. The van der Waals surface area contributed by atoms with Crippen LogP contribution < -0.4 is 14.2 Å². The summed E-state index contributed by atoms with van der Waals surface area (Å²) < 4.78 is 20.1. The van der Waals surface area contributed by atoms with Gasteiger partial charge in [-0.15, -0.1) is 0 Å². The van der Waals surface area contributed by atoms with Gasteiger partial charge >= 0.3 is 11.9 Å². The summed E-state index contributed by atoms with van der Waals surface area (Å²) in [6, 6.07) is 10.0. The first-order valence-electron chi connectivity index (χ1n) is 7.95. The predicted octanol–water partition coefficient (Wildman–Crippen LogP) is 2.77. The van der Waals surface area contributed by atoms with Crippen LogP contribution in [-0.4, -0.2) is 37.7 Å². The number of rotatable bonds is 8. The van der Waals surface area contributed by atoms with E-state index < -0.39 is 16.9 Å². The van der Waals surface area contributed by atoms with Gasteiger partial charge in [0.15, 0.2) is 18.1 Å². The minimum atomic E-state index is -0.654. The van der Waals surface area contributed by atoms with Crippen molar-refractivity contribution < 1.29 is 33.5 Å². The Labute approximate surface area is 160 Å². The highest BCUT2D eigenvalue weighted by molar-refractivity contribution is 5.88. The number of nitro groups is 1. The number of benzene rings is 2. The number of carbonyl (C=O) groups is 2. The molecule has 9 heteroatoms. The Balaban J connectivity index is 2.01. The highest BCUT2D eigenvalue weighted by atomic mass is 16.6. The van der Waals surface area contributed by atoms with Gasteiger partial charge in [0.1, 0.15) is 5.75 Å². The SMILES string of the molecule is COC(=O)COc1ccc(C=CC(=O)Oc2ccc([N+](=O)[O-])cc2)cc1OC. The average Bonchev–Trinajstić information content (AvgIpc) is 2.71. The molecule has 0 heterocycles. The molecule has 2 aromatic rings. The Morgan fingerprint density at radius 2 is 1.79 bits per heavy atom. The van der Waals surface area contributed by atoms with Crippen molar-refractivity contribution in [1.29, 1.82) is 0 Å². The number of hydrogen-bond donors (Lipinski definition) is 0. The van der Waals surface area contributed by atoms with Crippen LogP contribution in [-0.2, 0) is 14.3 Å². The monoisotopic (exact) mass is 387 g/mol. The Morgan fingerprint density at radius 3 is 2.39 bits per heavy atom. The third-order valence-electron chi connectivity index (χ3n) is 3.44. The number of carbonyl (C=O) groups excluding carboxylic acids is 2. The lowest BCUT2D eigenvalue weighted by Gasteiger charge is -2.10. The van der Waals surface area contributed by atoms with E-state index in [1.54, 1.807) is 18.2 Å². The van der Waals surface area contributed by atoms with E-state index in [0.717, 1.165) is 0 Å². The molecule has 0 aromatic heterocycles. The lowest BCUT2D eigenvalue weighted by atomic mass is 10.2. The van der Waals surface area contributed by atoms with Gasteiger partial charge in [-0.05, 0) is 35.9 Å². The molecule has 0 amide bonds. The molecule has 0 N–H and O–H groups in total. The van der Waals surface area contributed by atoms with Crippen LogP contribution in [0.5, 0.6) is 17.2 Å². The normalized spacial score (nSPS) is 10.4. The Morgan fingerprint density at radius 1 is 1.07 bits per heavy atom. The third-order valence-corrected chi connectivity index (χ3v) is 3.44. The first-order valence-corrected chi connectivity index (χ1v) is 7.95. The zero-order chi connectivity index (χ0) is 20.5. The predicted molar refractivity (Wildman–Crippen MR) is 98.3 cm³/mol. The molecule has 2 rings (SSSR count). The second-order valence-corrected chi connectivity index (χ2v) is 5.28. The molecule has 146 valence electrons.